The first-order chi connectivity index (χ1) is 8.42. The number of hydrogen-bond acceptors (Lipinski definition) is 4. The van der Waals surface area contributed by atoms with Crippen molar-refractivity contribution in [2.24, 2.45) is 0 Å². The Morgan fingerprint density at radius 3 is 3.00 bits per heavy atom. The average Bonchev–Trinajstić information content (AvgIpc) is 2.96. The molecule has 0 radical (unpaired) electrons. The van der Waals surface area contributed by atoms with E-state index in [1.807, 2.05) is 36.0 Å². The van der Waals surface area contributed by atoms with E-state index in [2.05, 4.69) is 20.3 Å². The molecular weight excluding hydrogens is 232 g/mol. The highest BCUT2D eigenvalue weighted by Crippen LogP contribution is 2.10. The van der Waals surface area contributed by atoms with Crippen molar-refractivity contribution in [3.05, 3.63) is 46.7 Å². The maximum Gasteiger partial charge on any atom is 0.121 e. The largest absolute Gasteiger partial charge is 0.341 e. The monoisotopic (exact) mass is 244 g/mol. The van der Waals surface area contributed by atoms with E-state index in [0.29, 0.717) is 0 Å². The van der Waals surface area contributed by atoms with Gasteiger partial charge in [-0.05, 0) is 12.1 Å². The molecule has 5 heteroatoms. The fraction of sp³-hybridized carbons (Fsp3) is 0.167. The number of H-pyrrole nitrogens is 1. The van der Waals surface area contributed by atoms with E-state index < -0.39 is 0 Å². The normalized spacial score (nSPS) is 11.1. The molecule has 17 heavy (non-hydrogen) atoms. The molecule has 0 unspecified atom stereocenters. The second kappa shape index (κ2) is 4.65. The van der Waals surface area contributed by atoms with Crippen LogP contribution < -0.4 is 5.32 Å². The summed E-state index contributed by atoms with van der Waals surface area (Å²) in [6, 6.07) is 8.06. The number of nitrogens with zero attached hydrogens (tertiary/aromatic N) is 2. The predicted molar refractivity (Wildman–Crippen MR) is 68.8 cm³/mol. The summed E-state index contributed by atoms with van der Waals surface area (Å²) in [4.78, 5) is 13.1. The Morgan fingerprint density at radius 1 is 1.24 bits per heavy atom. The number of imidazole rings is 1. The van der Waals surface area contributed by atoms with Crippen molar-refractivity contribution in [2.75, 3.05) is 0 Å². The summed E-state index contributed by atoms with van der Waals surface area (Å²) in [7, 11) is 0. The lowest BCUT2D eigenvalue weighted by Crippen LogP contribution is -2.12. The van der Waals surface area contributed by atoms with Gasteiger partial charge >= 0.3 is 0 Å². The van der Waals surface area contributed by atoms with Crippen LogP contribution in [0.3, 0.4) is 0 Å². The molecule has 1 aromatic carbocycles. The molecule has 0 aliphatic carbocycles. The van der Waals surface area contributed by atoms with E-state index in [-0.39, 0.29) is 0 Å². The van der Waals surface area contributed by atoms with Crippen LogP contribution in [0.5, 0.6) is 0 Å². The lowest BCUT2D eigenvalue weighted by atomic mass is 10.3. The fourth-order valence-electron chi connectivity index (χ4n) is 1.72. The molecule has 0 saturated carbocycles. The zero-order valence-corrected chi connectivity index (χ0v) is 10.00. The fourth-order valence-corrected chi connectivity index (χ4v) is 2.29. The van der Waals surface area contributed by atoms with Crippen molar-refractivity contribution in [3.63, 3.8) is 0 Å². The summed E-state index contributed by atoms with van der Waals surface area (Å²) in [5.74, 6) is 0.968. The van der Waals surface area contributed by atoms with Gasteiger partial charge in [0, 0.05) is 17.6 Å². The Morgan fingerprint density at radius 2 is 2.18 bits per heavy atom. The van der Waals surface area contributed by atoms with Crippen LogP contribution in [0.25, 0.3) is 11.0 Å². The minimum absolute atomic E-state index is 0.743. The van der Waals surface area contributed by atoms with Crippen LogP contribution in [0.15, 0.2) is 36.0 Å². The van der Waals surface area contributed by atoms with Gasteiger partial charge in [0.05, 0.1) is 23.1 Å². The molecule has 86 valence electrons. The van der Waals surface area contributed by atoms with Gasteiger partial charge < -0.3 is 10.3 Å². The van der Waals surface area contributed by atoms with Crippen LogP contribution >= 0.6 is 11.3 Å². The number of rotatable bonds is 4. The molecule has 0 saturated heterocycles. The number of para-hydroxylation sites is 2. The molecule has 0 aliphatic heterocycles. The minimum Gasteiger partial charge on any atom is -0.341 e. The lowest BCUT2D eigenvalue weighted by Gasteiger charge is -1.98. The summed E-state index contributed by atoms with van der Waals surface area (Å²) in [6.07, 6.45) is 1.89. The van der Waals surface area contributed by atoms with Gasteiger partial charge in [-0.15, -0.1) is 11.3 Å². The molecule has 4 nitrogen and oxygen atoms in total. The maximum absolute atomic E-state index is 4.50. The molecule has 0 spiro atoms. The van der Waals surface area contributed by atoms with Crippen LogP contribution in [0.4, 0.5) is 0 Å². The second-order valence-corrected chi connectivity index (χ2v) is 4.74. The summed E-state index contributed by atoms with van der Waals surface area (Å²) in [6.45, 7) is 1.58. The van der Waals surface area contributed by atoms with E-state index in [9.17, 15) is 0 Å². The first-order valence-corrected chi connectivity index (χ1v) is 6.31. The topological polar surface area (TPSA) is 53.6 Å². The maximum atomic E-state index is 4.50. The van der Waals surface area contributed by atoms with Gasteiger partial charge in [0.2, 0.25) is 0 Å². The molecule has 0 aliphatic rings. The molecule has 0 fully saturated rings. The molecule has 2 heterocycles. The van der Waals surface area contributed by atoms with Gasteiger partial charge in [-0.2, -0.15) is 0 Å². The highest BCUT2D eigenvalue weighted by molar-refractivity contribution is 7.09. The molecule has 2 N–H and O–H groups in total. The van der Waals surface area contributed by atoms with Crippen molar-refractivity contribution in [2.45, 2.75) is 13.1 Å². The lowest BCUT2D eigenvalue weighted by molar-refractivity contribution is 0.676. The van der Waals surface area contributed by atoms with E-state index in [1.54, 1.807) is 11.3 Å². The third kappa shape index (κ3) is 2.35. The Balaban J connectivity index is 1.65. The number of aromatic nitrogens is 3. The van der Waals surface area contributed by atoms with Crippen molar-refractivity contribution in [1.29, 1.82) is 0 Å². The standard InChI is InChI=1S/C12H12N4S/c1-2-4-11-10(3-1)15-12(16-11)7-13-5-9-6-14-8-17-9/h1-4,6,8,13H,5,7H2,(H,15,16). The predicted octanol–water partition coefficient (Wildman–Crippen LogP) is 2.31. The molecule has 3 aromatic rings. The summed E-state index contributed by atoms with van der Waals surface area (Å²) < 4.78 is 0. The number of aromatic amines is 1. The number of hydrogen-bond donors (Lipinski definition) is 2. The van der Waals surface area contributed by atoms with Gasteiger partial charge in [0.1, 0.15) is 5.82 Å². The van der Waals surface area contributed by atoms with Gasteiger partial charge in [-0.1, -0.05) is 12.1 Å². The third-order valence-electron chi connectivity index (χ3n) is 2.51. The van der Waals surface area contributed by atoms with Crippen LogP contribution in [0, 0.1) is 0 Å². The van der Waals surface area contributed by atoms with Gasteiger partial charge in [-0.3, -0.25) is 4.98 Å². The Hall–Kier alpha value is -1.72. The van der Waals surface area contributed by atoms with Crippen molar-refractivity contribution >= 4 is 22.4 Å². The summed E-state index contributed by atoms with van der Waals surface area (Å²) >= 11 is 1.66. The minimum atomic E-state index is 0.743. The molecule has 0 atom stereocenters. The SMILES string of the molecule is c1ccc2[nH]c(CNCc3cncs3)nc2c1. The molecule has 0 amide bonds. The van der Waals surface area contributed by atoms with E-state index >= 15 is 0 Å². The number of fused-ring (bicyclic) bond motifs is 1. The van der Waals surface area contributed by atoms with Crippen LogP contribution in [-0.2, 0) is 13.1 Å². The van der Waals surface area contributed by atoms with Crippen molar-refractivity contribution < 1.29 is 0 Å². The van der Waals surface area contributed by atoms with E-state index in [4.69, 9.17) is 0 Å². The van der Waals surface area contributed by atoms with Gasteiger partial charge in [0.15, 0.2) is 0 Å². The number of nitrogens with one attached hydrogen (secondary N) is 2. The Labute approximate surface area is 103 Å². The van der Waals surface area contributed by atoms with Gasteiger partial charge in [0.25, 0.3) is 0 Å². The van der Waals surface area contributed by atoms with Crippen LogP contribution in [0.2, 0.25) is 0 Å². The molecule has 3 rings (SSSR count). The Kier molecular flexibility index (Phi) is 2.85. The Bertz CT molecular complexity index is 567. The number of thiazole rings is 1. The zero-order chi connectivity index (χ0) is 11.5. The molecule has 0 bridgehead atoms. The van der Waals surface area contributed by atoms with Crippen molar-refractivity contribution in [3.8, 4) is 0 Å². The highest BCUT2D eigenvalue weighted by atomic mass is 32.1. The van der Waals surface area contributed by atoms with Crippen molar-refractivity contribution in [1.82, 2.24) is 20.3 Å². The van der Waals surface area contributed by atoms with Crippen LogP contribution in [0.1, 0.15) is 10.7 Å². The van der Waals surface area contributed by atoms with E-state index in [1.165, 1.54) is 4.88 Å². The third-order valence-corrected chi connectivity index (χ3v) is 3.29. The number of benzene rings is 1. The molecular formula is C12H12N4S. The smallest absolute Gasteiger partial charge is 0.121 e. The summed E-state index contributed by atoms with van der Waals surface area (Å²) in [5.41, 5.74) is 3.95. The average molecular weight is 244 g/mol. The second-order valence-electron chi connectivity index (χ2n) is 3.77. The van der Waals surface area contributed by atoms with Gasteiger partial charge in [-0.25, -0.2) is 4.98 Å². The first kappa shape index (κ1) is 10.4. The van der Waals surface area contributed by atoms with E-state index in [0.717, 1.165) is 29.9 Å². The quantitative estimate of drug-likeness (QED) is 0.740. The first-order valence-electron chi connectivity index (χ1n) is 5.43. The van der Waals surface area contributed by atoms with Crippen LogP contribution in [-0.4, -0.2) is 15.0 Å². The highest BCUT2D eigenvalue weighted by Gasteiger charge is 2.01. The summed E-state index contributed by atoms with van der Waals surface area (Å²) in [5, 5.41) is 3.34. The molecule has 2 aromatic heterocycles. The zero-order valence-electron chi connectivity index (χ0n) is 9.18.